The van der Waals surface area contributed by atoms with Gasteiger partial charge in [0.25, 0.3) is 0 Å². The van der Waals surface area contributed by atoms with E-state index in [2.05, 4.69) is 37.0 Å². The molecule has 2 rings (SSSR count). The van der Waals surface area contributed by atoms with Crippen molar-refractivity contribution in [1.29, 1.82) is 0 Å². The molecule has 2 nitrogen and oxygen atoms in total. The first-order valence-electron chi connectivity index (χ1n) is 7.49. The molecule has 0 aliphatic carbocycles. The van der Waals surface area contributed by atoms with Gasteiger partial charge in [-0.15, -0.1) is 0 Å². The molecule has 1 aromatic heterocycles. The van der Waals surface area contributed by atoms with Crippen LogP contribution in [0.3, 0.4) is 0 Å². The summed E-state index contributed by atoms with van der Waals surface area (Å²) in [6.07, 6.45) is 5.14. The number of rotatable bonds is 6. The summed E-state index contributed by atoms with van der Waals surface area (Å²) in [5, 5.41) is 0. The number of hydrogen-bond acceptors (Lipinski definition) is 2. The van der Waals surface area contributed by atoms with Crippen LogP contribution < -0.4 is 4.74 Å². The normalized spacial score (nSPS) is 11.2. The first kappa shape index (κ1) is 15.3. The Kier molecular flexibility index (Phi) is 5.56. The maximum Gasteiger partial charge on any atom is 0.144 e. The lowest BCUT2D eigenvalue weighted by Crippen LogP contribution is -2.03. The van der Waals surface area contributed by atoms with Crippen LogP contribution in [0.4, 0.5) is 0 Å². The minimum Gasteiger partial charge on any atom is -0.491 e. The quantitative estimate of drug-likeness (QED) is 0.744. The molecule has 2 heteroatoms. The van der Waals surface area contributed by atoms with Crippen LogP contribution in [0.1, 0.15) is 37.2 Å². The molecule has 0 atom stereocenters. The number of nitrogens with zero attached hydrogens (tertiary/aromatic N) is 1. The maximum absolute atomic E-state index is 5.88. The van der Waals surface area contributed by atoms with Crippen molar-refractivity contribution < 1.29 is 4.74 Å². The Morgan fingerprint density at radius 3 is 2.52 bits per heavy atom. The zero-order valence-corrected chi connectivity index (χ0v) is 13.0. The number of ether oxygens (including phenoxy) is 1. The third kappa shape index (κ3) is 5.07. The molecule has 0 saturated carbocycles. The fourth-order valence-electron chi connectivity index (χ4n) is 1.95. The van der Waals surface area contributed by atoms with Crippen LogP contribution in [0.15, 0.2) is 42.5 Å². The van der Waals surface area contributed by atoms with Crippen LogP contribution in [0, 0.1) is 12.8 Å². The van der Waals surface area contributed by atoms with Crippen LogP contribution in [0.2, 0.25) is 0 Å². The molecule has 0 bridgehead atoms. The van der Waals surface area contributed by atoms with Gasteiger partial charge in [-0.1, -0.05) is 50.3 Å². The van der Waals surface area contributed by atoms with E-state index in [1.807, 2.05) is 43.3 Å². The first-order valence-corrected chi connectivity index (χ1v) is 7.49. The summed E-state index contributed by atoms with van der Waals surface area (Å²) in [6.45, 7) is 7.13. The molecule has 0 aliphatic rings. The van der Waals surface area contributed by atoms with Crippen molar-refractivity contribution in [3.63, 3.8) is 0 Å². The highest BCUT2D eigenvalue weighted by Crippen LogP contribution is 2.20. The SMILES string of the molecule is Cc1ccc(OCCC(C)C)c(C=Cc2ccccc2)n1. The van der Waals surface area contributed by atoms with Gasteiger partial charge in [0.1, 0.15) is 11.4 Å². The van der Waals surface area contributed by atoms with Gasteiger partial charge >= 0.3 is 0 Å². The molecule has 0 fully saturated rings. The van der Waals surface area contributed by atoms with Crippen molar-refractivity contribution in [2.45, 2.75) is 27.2 Å². The zero-order chi connectivity index (χ0) is 15.1. The van der Waals surface area contributed by atoms with Gasteiger partial charge in [0.15, 0.2) is 0 Å². The summed E-state index contributed by atoms with van der Waals surface area (Å²) in [6, 6.07) is 14.2. The summed E-state index contributed by atoms with van der Waals surface area (Å²) < 4.78 is 5.88. The van der Waals surface area contributed by atoms with Crippen molar-refractivity contribution in [1.82, 2.24) is 4.98 Å². The van der Waals surface area contributed by atoms with Crippen LogP contribution in [0.25, 0.3) is 12.2 Å². The first-order chi connectivity index (χ1) is 10.1. The van der Waals surface area contributed by atoms with Crippen molar-refractivity contribution in [3.8, 4) is 5.75 Å². The largest absolute Gasteiger partial charge is 0.491 e. The Labute approximate surface area is 127 Å². The molecule has 0 amide bonds. The third-order valence-electron chi connectivity index (χ3n) is 3.21. The summed E-state index contributed by atoms with van der Waals surface area (Å²) in [5.74, 6) is 1.50. The van der Waals surface area contributed by atoms with E-state index in [1.165, 1.54) is 0 Å². The number of pyridine rings is 1. The molecule has 0 aliphatic heterocycles. The van der Waals surface area contributed by atoms with Gasteiger partial charge in [0, 0.05) is 5.69 Å². The zero-order valence-electron chi connectivity index (χ0n) is 13.0. The van der Waals surface area contributed by atoms with Gasteiger partial charge in [-0.05, 0) is 43.0 Å². The number of hydrogen-bond donors (Lipinski definition) is 0. The lowest BCUT2D eigenvalue weighted by molar-refractivity contribution is 0.288. The van der Waals surface area contributed by atoms with Crippen molar-refractivity contribution in [3.05, 3.63) is 59.4 Å². The topological polar surface area (TPSA) is 22.1 Å². The standard InChI is InChI=1S/C19H23NO/c1-15(2)13-14-21-19-12-9-16(3)20-18(19)11-10-17-7-5-4-6-8-17/h4-12,15H,13-14H2,1-3H3. The summed E-state index contributed by atoms with van der Waals surface area (Å²) in [7, 11) is 0. The molecule has 0 spiro atoms. The summed E-state index contributed by atoms with van der Waals surface area (Å²) >= 11 is 0. The van der Waals surface area contributed by atoms with E-state index in [9.17, 15) is 0 Å². The Bertz CT molecular complexity index is 588. The Morgan fingerprint density at radius 1 is 1.05 bits per heavy atom. The molecule has 2 aromatic rings. The Morgan fingerprint density at radius 2 is 1.81 bits per heavy atom. The van der Waals surface area contributed by atoms with E-state index in [4.69, 9.17) is 4.74 Å². The van der Waals surface area contributed by atoms with E-state index < -0.39 is 0 Å². The molecule has 0 saturated heterocycles. The highest BCUT2D eigenvalue weighted by atomic mass is 16.5. The minimum absolute atomic E-state index is 0.645. The highest BCUT2D eigenvalue weighted by molar-refractivity contribution is 5.70. The van der Waals surface area contributed by atoms with Crippen molar-refractivity contribution in [2.75, 3.05) is 6.61 Å². The smallest absolute Gasteiger partial charge is 0.144 e. The van der Waals surface area contributed by atoms with Gasteiger partial charge in [0.2, 0.25) is 0 Å². The Hall–Kier alpha value is -2.09. The van der Waals surface area contributed by atoms with E-state index in [0.717, 1.165) is 35.7 Å². The average molecular weight is 281 g/mol. The molecule has 0 N–H and O–H groups in total. The molecular formula is C19H23NO. The number of aromatic nitrogens is 1. The second kappa shape index (κ2) is 7.63. The van der Waals surface area contributed by atoms with Crippen molar-refractivity contribution in [2.24, 2.45) is 5.92 Å². The number of aryl methyl sites for hydroxylation is 1. The second-order valence-corrected chi connectivity index (χ2v) is 5.61. The van der Waals surface area contributed by atoms with Gasteiger partial charge < -0.3 is 4.74 Å². The Balaban J connectivity index is 2.13. The van der Waals surface area contributed by atoms with E-state index in [1.54, 1.807) is 0 Å². The number of benzene rings is 1. The second-order valence-electron chi connectivity index (χ2n) is 5.61. The van der Waals surface area contributed by atoms with E-state index in [0.29, 0.717) is 5.92 Å². The van der Waals surface area contributed by atoms with Gasteiger partial charge in [0.05, 0.1) is 6.61 Å². The van der Waals surface area contributed by atoms with E-state index >= 15 is 0 Å². The molecular weight excluding hydrogens is 258 g/mol. The van der Waals surface area contributed by atoms with Gasteiger partial charge in [-0.25, -0.2) is 4.98 Å². The maximum atomic E-state index is 5.88. The molecule has 0 radical (unpaired) electrons. The van der Waals surface area contributed by atoms with Crippen LogP contribution in [0.5, 0.6) is 5.75 Å². The lowest BCUT2D eigenvalue weighted by atomic mass is 10.1. The molecule has 110 valence electrons. The molecule has 21 heavy (non-hydrogen) atoms. The van der Waals surface area contributed by atoms with E-state index in [-0.39, 0.29) is 0 Å². The average Bonchev–Trinajstić information content (AvgIpc) is 2.48. The summed E-state index contributed by atoms with van der Waals surface area (Å²) in [5.41, 5.74) is 3.05. The van der Waals surface area contributed by atoms with Crippen LogP contribution in [-0.2, 0) is 0 Å². The van der Waals surface area contributed by atoms with Crippen LogP contribution >= 0.6 is 0 Å². The third-order valence-corrected chi connectivity index (χ3v) is 3.21. The predicted octanol–water partition coefficient (Wildman–Crippen LogP) is 4.99. The highest BCUT2D eigenvalue weighted by Gasteiger charge is 2.04. The fraction of sp³-hybridized carbons (Fsp3) is 0.316. The molecule has 1 aromatic carbocycles. The van der Waals surface area contributed by atoms with Crippen LogP contribution in [-0.4, -0.2) is 11.6 Å². The van der Waals surface area contributed by atoms with Crippen molar-refractivity contribution >= 4 is 12.2 Å². The molecule has 0 unspecified atom stereocenters. The summed E-state index contributed by atoms with van der Waals surface area (Å²) in [4.78, 5) is 4.57. The lowest BCUT2D eigenvalue weighted by Gasteiger charge is -2.10. The minimum atomic E-state index is 0.645. The monoisotopic (exact) mass is 281 g/mol. The predicted molar refractivity (Wildman–Crippen MR) is 89.3 cm³/mol. The fourth-order valence-corrected chi connectivity index (χ4v) is 1.95. The van der Waals surface area contributed by atoms with Gasteiger partial charge in [-0.2, -0.15) is 0 Å². The van der Waals surface area contributed by atoms with Gasteiger partial charge in [-0.3, -0.25) is 0 Å². The molecule has 1 heterocycles.